The summed E-state index contributed by atoms with van der Waals surface area (Å²) in [4.78, 5) is 14.4. The van der Waals surface area contributed by atoms with Crippen LogP contribution in [-0.4, -0.2) is 37.7 Å². The first-order valence-electron chi connectivity index (χ1n) is 11.1. The highest BCUT2D eigenvalue weighted by molar-refractivity contribution is 6.10. The summed E-state index contributed by atoms with van der Waals surface area (Å²) in [7, 11) is 3.30. The smallest absolute Gasteiger partial charge is 0.223 e. The van der Waals surface area contributed by atoms with Gasteiger partial charge in [-0.1, -0.05) is 19.4 Å². The van der Waals surface area contributed by atoms with Gasteiger partial charge in [0, 0.05) is 19.0 Å². The minimum Gasteiger partial charge on any atom is -0.494 e. The minimum absolute atomic E-state index is 0.223. The number of unbranched alkanes of at least 4 members (excludes halogenated alkanes) is 1. The summed E-state index contributed by atoms with van der Waals surface area (Å²) in [6.07, 6.45) is 3.68. The summed E-state index contributed by atoms with van der Waals surface area (Å²) in [5, 5.41) is 4.37. The van der Waals surface area contributed by atoms with Crippen LogP contribution in [0.15, 0.2) is 36.4 Å². The molecular formula is C26H31NO4. The van der Waals surface area contributed by atoms with Gasteiger partial charge in [0.25, 0.3) is 0 Å². The summed E-state index contributed by atoms with van der Waals surface area (Å²) in [6.45, 7) is 5.59. The maximum atomic E-state index is 12.4. The van der Waals surface area contributed by atoms with Gasteiger partial charge in [0.05, 0.1) is 20.8 Å². The minimum atomic E-state index is 0.223. The van der Waals surface area contributed by atoms with E-state index in [1.165, 1.54) is 0 Å². The van der Waals surface area contributed by atoms with Crippen molar-refractivity contribution in [2.45, 2.75) is 52.1 Å². The van der Waals surface area contributed by atoms with Crippen LogP contribution in [0.4, 0.5) is 0 Å². The predicted molar refractivity (Wildman–Crippen MR) is 124 cm³/mol. The first-order chi connectivity index (χ1) is 15.0. The molecule has 3 aromatic rings. The van der Waals surface area contributed by atoms with E-state index in [9.17, 15) is 4.79 Å². The number of carbonyl (C=O) groups excluding carboxylic acids is 1. The third kappa shape index (κ3) is 4.14. The Kier molecular flexibility index (Phi) is 6.21. The highest BCUT2D eigenvalue weighted by Gasteiger charge is 2.28. The van der Waals surface area contributed by atoms with Gasteiger partial charge >= 0.3 is 0 Å². The number of nitrogens with zero attached hydrogens (tertiary/aromatic N) is 1. The Morgan fingerprint density at radius 3 is 2.39 bits per heavy atom. The molecule has 5 nitrogen and oxygen atoms in total. The normalized spacial score (nSPS) is 16.3. The molecule has 1 unspecified atom stereocenters. The van der Waals surface area contributed by atoms with E-state index in [4.69, 9.17) is 14.2 Å². The van der Waals surface area contributed by atoms with E-state index < -0.39 is 0 Å². The lowest BCUT2D eigenvalue weighted by Crippen LogP contribution is -2.30. The van der Waals surface area contributed by atoms with Gasteiger partial charge in [0.2, 0.25) is 5.91 Å². The van der Waals surface area contributed by atoms with Gasteiger partial charge in [-0.15, -0.1) is 0 Å². The molecule has 1 heterocycles. The van der Waals surface area contributed by atoms with Crippen LogP contribution in [0.1, 0.15) is 45.1 Å². The van der Waals surface area contributed by atoms with Crippen LogP contribution in [0, 0.1) is 0 Å². The molecule has 0 N–H and O–H groups in total. The number of benzene rings is 3. The number of methoxy groups -OCH3 is 2. The molecule has 1 saturated heterocycles. The van der Waals surface area contributed by atoms with Gasteiger partial charge < -0.3 is 19.1 Å². The van der Waals surface area contributed by atoms with Gasteiger partial charge in [-0.25, -0.2) is 0 Å². The molecule has 0 spiro atoms. The molecule has 1 atom stereocenters. The fraction of sp³-hybridized carbons (Fsp3) is 0.423. The zero-order valence-corrected chi connectivity index (χ0v) is 18.9. The Morgan fingerprint density at radius 1 is 1.00 bits per heavy atom. The van der Waals surface area contributed by atoms with Crippen LogP contribution in [0.5, 0.6) is 17.2 Å². The summed E-state index contributed by atoms with van der Waals surface area (Å²) in [5.41, 5.74) is 1.12. The molecule has 0 aromatic heterocycles. The van der Waals surface area contributed by atoms with E-state index in [2.05, 4.69) is 32.0 Å². The fourth-order valence-electron chi connectivity index (χ4n) is 4.39. The zero-order valence-electron chi connectivity index (χ0n) is 18.9. The van der Waals surface area contributed by atoms with Crippen molar-refractivity contribution in [3.8, 4) is 17.2 Å². The van der Waals surface area contributed by atoms with Crippen LogP contribution >= 0.6 is 0 Å². The highest BCUT2D eigenvalue weighted by Crippen LogP contribution is 2.39. The van der Waals surface area contributed by atoms with Gasteiger partial charge in [-0.05, 0) is 77.2 Å². The quantitative estimate of drug-likeness (QED) is 0.346. The Bertz CT molecular complexity index is 1110. The topological polar surface area (TPSA) is 48.0 Å². The molecular weight excluding hydrogens is 390 g/mol. The average molecular weight is 422 g/mol. The van der Waals surface area contributed by atoms with Gasteiger partial charge in [0.1, 0.15) is 5.75 Å². The van der Waals surface area contributed by atoms with Crippen LogP contribution in [0.2, 0.25) is 0 Å². The summed E-state index contributed by atoms with van der Waals surface area (Å²) < 4.78 is 17.1. The van der Waals surface area contributed by atoms with Crippen LogP contribution in [0.25, 0.3) is 21.5 Å². The first-order valence-corrected chi connectivity index (χ1v) is 11.1. The molecule has 5 heteroatoms. The Morgan fingerprint density at radius 2 is 1.74 bits per heavy atom. The lowest BCUT2D eigenvalue weighted by atomic mass is 9.96. The van der Waals surface area contributed by atoms with Crippen molar-refractivity contribution >= 4 is 27.5 Å². The Hall–Kier alpha value is -2.95. The number of likely N-dealkylation sites (tertiary alicyclic amines) is 1. The molecule has 4 rings (SSSR count). The van der Waals surface area contributed by atoms with Crippen molar-refractivity contribution in [3.05, 3.63) is 42.0 Å². The van der Waals surface area contributed by atoms with E-state index in [1.54, 1.807) is 14.2 Å². The predicted octanol–water partition coefficient (Wildman–Crippen LogP) is 5.70. The van der Waals surface area contributed by atoms with Gasteiger partial charge in [-0.3, -0.25) is 4.79 Å². The molecule has 1 amide bonds. The van der Waals surface area contributed by atoms with E-state index in [1.807, 2.05) is 23.1 Å². The molecule has 164 valence electrons. The Balaban J connectivity index is 1.88. The van der Waals surface area contributed by atoms with Crippen LogP contribution in [-0.2, 0) is 11.3 Å². The molecule has 0 radical (unpaired) electrons. The van der Waals surface area contributed by atoms with E-state index in [0.29, 0.717) is 31.1 Å². The number of carbonyl (C=O) groups is 1. The Labute approximate surface area is 183 Å². The molecule has 0 saturated carbocycles. The van der Waals surface area contributed by atoms with Crippen LogP contribution < -0.4 is 14.2 Å². The van der Waals surface area contributed by atoms with Crippen molar-refractivity contribution in [1.82, 2.24) is 4.90 Å². The largest absolute Gasteiger partial charge is 0.494 e. The average Bonchev–Trinajstić information content (AvgIpc) is 3.10. The standard InChI is InChI=1S/C26H31NO4/c1-5-6-11-31-20-9-8-18-12-19(16-27-17(2)7-10-26(27)28)22-14-24(29-3)25(30-4)15-23(22)21(18)13-20/h8-9,12-15,17H,5-7,10-11,16H2,1-4H3. The maximum Gasteiger partial charge on any atom is 0.223 e. The fourth-order valence-corrected chi connectivity index (χ4v) is 4.39. The molecule has 31 heavy (non-hydrogen) atoms. The first kappa shape index (κ1) is 21.3. The number of hydrogen-bond donors (Lipinski definition) is 0. The van der Waals surface area contributed by atoms with Crippen molar-refractivity contribution < 1.29 is 19.0 Å². The summed E-state index contributed by atoms with van der Waals surface area (Å²) in [6, 6.07) is 12.7. The third-order valence-corrected chi connectivity index (χ3v) is 6.25. The molecule has 1 fully saturated rings. The highest BCUT2D eigenvalue weighted by atomic mass is 16.5. The lowest BCUT2D eigenvalue weighted by molar-refractivity contribution is -0.129. The SMILES string of the molecule is CCCCOc1ccc2cc(CN3C(=O)CCC3C)c3cc(OC)c(OC)cc3c2c1. The van der Waals surface area contributed by atoms with E-state index >= 15 is 0 Å². The lowest BCUT2D eigenvalue weighted by Gasteiger charge is -2.23. The molecule has 1 aliphatic rings. The van der Waals surface area contributed by atoms with Crippen molar-refractivity contribution in [3.63, 3.8) is 0 Å². The number of amides is 1. The van der Waals surface area contributed by atoms with Crippen molar-refractivity contribution in [2.24, 2.45) is 0 Å². The number of hydrogen-bond acceptors (Lipinski definition) is 4. The molecule has 1 aliphatic heterocycles. The second kappa shape index (κ2) is 9.04. The summed E-state index contributed by atoms with van der Waals surface area (Å²) in [5.74, 6) is 2.47. The summed E-state index contributed by atoms with van der Waals surface area (Å²) >= 11 is 0. The van der Waals surface area contributed by atoms with Gasteiger partial charge in [-0.2, -0.15) is 0 Å². The van der Waals surface area contributed by atoms with Crippen molar-refractivity contribution in [2.75, 3.05) is 20.8 Å². The van der Waals surface area contributed by atoms with Gasteiger partial charge in [0.15, 0.2) is 11.5 Å². The number of ether oxygens (including phenoxy) is 3. The van der Waals surface area contributed by atoms with Crippen molar-refractivity contribution in [1.29, 1.82) is 0 Å². The second-order valence-electron chi connectivity index (χ2n) is 8.28. The molecule has 0 bridgehead atoms. The second-order valence-corrected chi connectivity index (χ2v) is 8.28. The number of rotatable bonds is 8. The number of fused-ring (bicyclic) bond motifs is 3. The molecule has 3 aromatic carbocycles. The maximum absolute atomic E-state index is 12.4. The molecule has 0 aliphatic carbocycles. The van der Waals surface area contributed by atoms with E-state index in [-0.39, 0.29) is 11.9 Å². The zero-order chi connectivity index (χ0) is 22.0. The monoisotopic (exact) mass is 421 g/mol. The third-order valence-electron chi connectivity index (χ3n) is 6.25. The van der Waals surface area contributed by atoms with Crippen LogP contribution in [0.3, 0.4) is 0 Å². The van der Waals surface area contributed by atoms with E-state index in [0.717, 1.165) is 52.1 Å².